The van der Waals surface area contributed by atoms with Crippen molar-refractivity contribution in [2.75, 3.05) is 23.7 Å². The van der Waals surface area contributed by atoms with Crippen molar-refractivity contribution in [1.29, 1.82) is 0 Å². The van der Waals surface area contributed by atoms with Gasteiger partial charge in [0.2, 0.25) is 0 Å². The zero-order valence-corrected chi connectivity index (χ0v) is 11.8. The molecule has 0 aliphatic heterocycles. The van der Waals surface area contributed by atoms with Gasteiger partial charge in [-0.25, -0.2) is 0 Å². The Bertz CT molecular complexity index is 513. The molecule has 2 aromatic rings. The van der Waals surface area contributed by atoms with E-state index in [4.69, 9.17) is 5.73 Å². The summed E-state index contributed by atoms with van der Waals surface area (Å²) < 4.78 is 0. The Morgan fingerprint density at radius 2 is 1.58 bits per heavy atom. The van der Waals surface area contributed by atoms with Gasteiger partial charge in [0.05, 0.1) is 0 Å². The van der Waals surface area contributed by atoms with E-state index in [9.17, 15) is 0 Å². The lowest BCUT2D eigenvalue weighted by atomic mass is 10.0. The summed E-state index contributed by atoms with van der Waals surface area (Å²) in [5, 5.41) is 0. The number of hydrogen-bond acceptors (Lipinski definition) is 2. The predicted octanol–water partition coefficient (Wildman–Crippen LogP) is 3.71. The highest BCUT2D eigenvalue weighted by Gasteiger charge is 2.02. The highest BCUT2D eigenvalue weighted by Crippen LogP contribution is 2.18. The molecule has 2 heteroatoms. The van der Waals surface area contributed by atoms with Crippen LogP contribution < -0.4 is 10.6 Å². The van der Waals surface area contributed by atoms with Crippen molar-refractivity contribution in [3.8, 4) is 0 Å². The van der Waals surface area contributed by atoms with Gasteiger partial charge in [0.1, 0.15) is 0 Å². The van der Waals surface area contributed by atoms with Gasteiger partial charge in [0.25, 0.3) is 0 Å². The first-order valence-corrected chi connectivity index (χ1v) is 6.91. The Labute approximate surface area is 115 Å². The van der Waals surface area contributed by atoms with Crippen molar-refractivity contribution in [3.63, 3.8) is 0 Å². The van der Waals surface area contributed by atoms with Gasteiger partial charge in [-0.05, 0) is 55.7 Å². The summed E-state index contributed by atoms with van der Waals surface area (Å²) in [5.74, 6) is 0. The third kappa shape index (κ3) is 3.50. The fourth-order valence-corrected chi connectivity index (χ4v) is 2.35. The third-order valence-corrected chi connectivity index (χ3v) is 3.42. The van der Waals surface area contributed by atoms with E-state index in [0.717, 1.165) is 25.2 Å². The number of benzene rings is 2. The molecule has 2 rings (SSSR count). The summed E-state index contributed by atoms with van der Waals surface area (Å²) in [4.78, 5) is 2.35. The standard InChI is InChI=1S/C17H22N2/c1-3-19(4-2)17-10-8-14(9-11-17)12-15-6-5-7-16(18)13-15/h5-11,13H,3-4,12,18H2,1-2H3. The van der Waals surface area contributed by atoms with Crippen LogP contribution in [-0.4, -0.2) is 13.1 Å². The minimum Gasteiger partial charge on any atom is -0.399 e. The minimum atomic E-state index is 0.831. The van der Waals surface area contributed by atoms with Crippen molar-refractivity contribution in [1.82, 2.24) is 0 Å². The molecule has 0 bridgehead atoms. The molecule has 2 N–H and O–H groups in total. The Morgan fingerprint density at radius 1 is 0.895 bits per heavy atom. The van der Waals surface area contributed by atoms with Crippen LogP contribution in [0.1, 0.15) is 25.0 Å². The van der Waals surface area contributed by atoms with Gasteiger partial charge in [0, 0.05) is 24.5 Å². The van der Waals surface area contributed by atoms with Gasteiger partial charge < -0.3 is 10.6 Å². The molecule has 0 fully saturated rings. The Hall–Kier alpha value is -1.96. The average molecular weight is 254 g/mol. The largest absolute Gasteiger partial charge is 0.399 e. The molecule has 0 aliphatic rings. The molecule has 0 aromatic heterocycles. The van der Waals surface area contributed by atoms with Gasteiger partial charge in [0.15, 0.2) is 0 Å². The third-order valence-electron chi connectivity index (χ3n) is 3.42. The summed E-state index contributed by atoms with van der Waals surface area (Å²) in [6, 6.07) is 16.9. The van der Waals surface area contributed by atoms with Crippen molar-refractivity contribution in [2.45, 2.75) is 20.3 Å². The van der Waals surface area contributed by atoms with Crippen molar-refractivity contribution >= 4 is 11.4 Å². The topological polar surface area (TPSA) is 29.3 Å². The SMILES string of the molecule is CCN(CC)c1ccc(Cc2cccc(N)c2)cc1. The number of hydrogen-bond donors (Lipinski definition) is 1. The maximum atomic E-state index is 5.81. The molecular formula is C17H22N2. The molecule has 0 radical (unpaired) electrons. The molecule has 0 amide bonds. The van der Waals surface area contributed by atoms with Crippen LogP contribution >= 0.6 is 0 Å². The molecule has 2 nitrogen and oxygen atoms in total. The van der Waals surface area contributed by atoms with E-state index < -0.39 is 0 Å². The van der Waals surface area contributed by atoms with Crippen LogP contribution in [0.4, 0.5) is 11.4 Å². The second-order valence-electron chi connectivity index (χ2n) is 4.76. The summed E-state index contributed by atoms with van der Waals surface area (Å²) in [5.41, 5.74) is 10.5. The lowest BCUT2D eigenvalue weighted by Gasteiger charge is -2.21. The van der Waals surface area contributed by atoms with Crippen molar-refractivity contribution < 1.29 is 0 Å². The molecule has 19 heavy (non-hydrogen) atoms. The number of rotatable bonds is 5. The summed E-state index contributed by atoms with van der Waals surface area (Å²) in [6.45, 7) is 6.46. The monoisotopic (exact) mass is 254 g/mol. The lowest BCUT2D eigenvalue weighted by molar-refractivity contribution is 0.866. The fourth-order valence-electron chi connectivity index (χ4n) is 2.35. The molecule has 0 heterocycles. The molecule has 0 spiro atoms. The Morgan fingerprint density at radius 3 is 2.16 bits per heavy atom. The van der Waals surface area contributed by atoms with E-state index in [1.165, 1.54) is 16.8 Å². The average Bonchev–Trinajstić information content (AvgIpc) is 2.42. The Balaban J connectivity index is 2.10. The number of nitrogen functional groups attached to an aromatic ring is 1. The van der Waals surface area contributed by atoms with Gasteiger partial charge >= 0.3 is 0 Å². The van der Waals surface area contributed by atoms with Crippen molar-refractivity contribution in [2.24, 2.45) is 0 Å². The summed E-state index contributed by atoms with van der Waals surface area (Å²) >= 11 is 0. The van der Waals surface area contributed by atoms with Gasteiger partial charge in [-0.3, -0.25) is 0 Å². The molecule has 2 aromatic carbocycles. The molecule has 0 unspecified atom stereocenters. The van der Waals surface area contributed by atoms with Crippen LogP contribution in [0.15, 0.2) is 48.5 Å². The highest BCUT2D eigenvalue weighted by molar-refractivity contribution is 5.48. The molecule has 100 valence electrons. The molecule has 0 aliphatic carbocycles. The van der Waals surface area contributed by atoms with Gasteiger partial charge in [-0.2, -0.15) is 0 Å². The van der Waals surface area contributed by atoms with Crippen LogP contribution in [0.3, 0.4) is 0 Å². The summed E-state index contributed by atoms with van der Waals surface area (Å²) in [6.07, 6.45) is 0.934. The summed E-state index contributed by atoms with van der Waals surface area (Å²) in [7, 11) is 0. The molecule has 0 saturated carbocycles. The van der Waals surface area contributed by atoms with E-state index in [2.05, 4.69) is 49.1 Å². The van der Waals surface area contributed by atoms with E-state index in [0.29, 0.717) is 0 Å². The first kappa shape index (κ1) is 13.5. The van der Waals surface area contributed by atoms with Gasteiger partial charge in [-0.15, -0.1) is 0 Å². The maximum Gasteiger partial charge on any atom is 0.0366 e. The number of nitrogens with zero attached hydrogens (tertiary/aromatic N) is 1. The Kier molecular flexibility index (Phi) is 4.45. The highest BCUT2D eigenvalue weighted by atomic mass is 15.1. The van der Waals surface area contributed by atoms with E-state index in [1.807, 2.05) is 18.2 Å². The van der Waals surface area contributed by atoms with Crippen LogP contribution in [0.5, 0.6) is 0 Å². The predicted molar refractivity (Wildman–Crippen MR) is 83.7 cm³/mol. The van der Waals surface area contributed by atoms with E-state index in [1.54, 1.807) is 0 Å². The normalized spacial score (nSPS) is 10.4. The lowest BCUT2D eigenvalue weighted by Crippen LogP contribution is -2.21. The van der Waals surface area contributed by atoms with Crippen molar-refractivity contribution in [3.05, 3.63) is 59.7 Å². The zero-order valence-electron chi connectivity index (χ0n) is 11.8. The number of nitrogens with two attached hydrogens (primary N) is 1. The second-order valence-corrected chi connectivity index (χ2v) is 4.76. The van der Waals surface area contributed by atoms with Gasteiger partial charge in [-0.1, -0.05) is 24.3 Å². The van der Waals surface area contributed by atoms with E-state index >= 15 is 0 Å². The van der Waals surface area contributed by atoms with Crippen LogP contribution in [0.2, 0.25) is 0 Å². The quantitative estimate of drug-likeness (QED) is 0.824. The van der Waals surface area contributed by atoms with Crippen LogP contribution in [0.25, 0.3) is 0 Å². The zero-order chi connectivity index (χ0) is 13.7. The van der Waals surface area contributed by atoms with E-state index in [-0.39, 0.29) is 0 Å². The molecule has 0 atom stereocenters. The molecular weight excluding hydrogens is 232 g/mol. The maximum absolute atomic E-state index is 5.81. The van der Waals surface area contributed by atoms with Crippen LogP contribution in [-0.2, 0) is 6.42 Å². The smallest absolute Gasteiger partial charge is 0.0366 e. The first-order chi connectivity index (χ1) is 9.22. The first-order valence-electron chi connectivity index (χ1n) is 6.91. The van der Waals surface area contributed by atoms with Crippen LogP contribution in [0, 0.1) is 0 Å². The molecule has 0 saturated heterocycles. The second kappa shape index (κ2) is 6.28. The minimum absolute atomic E-state index is 0.831. The number of anilines is 2. The fraction of sp³-hybridized carbons (Fsp3) is 0.294.